The van der Waals surface area contributed by atoms with Gasteiger partial charge in [0, 0.05) is 12.1 Å². The minimum Gasteiger partial charge on any atom is -0.326 e. The number of thioether (sulfide) groups is 1. The predicted octanol–water partition coefficient (Wildman–Crippen LogP) is 3.01. The highest BCUT2D eigenvalue weighted by Crippen LogP contribution is 2.21. The van der Waals surface area contributed by atoms with Crippen LogP contribution in [0.2, 0.25) is 0 Å². The molecular formula is C15H18N2O3S. The van der Waals surface area contributed by atoms with E-state index in [0.29, 0.717) is 6.42 Å². The van der Waals surface area contributed by atoms with Crippen LogP contribution in [0.1, 0.15) is 31.7 Å². The maximum absolute atomic E-state index is 11.6. The summed E-state index contributed by atoms with van der Waals surface area (Å²) in [6, 6.07) is 7.21. The second-order valence-electron chi connectivity index (χ2n) is 4.88. The molecule has 6 heteroatoms. The molecule has 0 radical (unpaired) electrons. The fourth-order valence-electron chi connectivity index (χ4n) is 1.97. The van der Waals surface area contributed by atoms with Gasteiger partial charge in [0.15, 0.2) is 0 Å². The van der Waals surface area contributed by atoms with Crippen LogP contribution in [0.15, 0.2) is 24.3 Å². The van der Waals surface area contributed by atoms with Gasteiger partial charge in [0.25, 0.3) is 5.24 Å². The van der Waals surface area contributed by atoms with E-state index in [2.05, 4.69) is 5.32 Å². The lowest BCUT2D eigenvalue weighted by molar-refractivity contribution is -0.125. The number of carbonyl (C=O) groups excluding carboxylic acids is 3. The van der Waals surface area contributed by atoms with Crippen molar-refractivity contribution >= 4 is 34.5 Å². The van der Waals surface area contributed by atoms with Crippen LogP contribution >= 0.6 is 11.8 Å². The van der Waals surface area contributed by atoms with E-state index >= 15 is 0 Å². The van der Waals surface area contributed by atoms with Crippen molar-refractivity contribution in [2.75, 3.05) is 11.1 Å². The number of nitrogens with zero attached hydrogens (tertiary/aromatic N) is 1. The second-order valence-corrected chi connectivity index (χ2v) is 5.81. The molecule has 0 unspecified atom stereocenters. The first-order chi connectivity index (χ1) is 10.1. The van der Waals surface area contributed by atoms with Crippen LogP contribution in [0.25, 0.3) is 0 Å². The number of hydrogen-bond acceptors (Lipinski definition) is 4. The maximum atomic E-state index is 11.6. The van der Waals surface area contributed by atoms with Crippen LogP contribution < -0.4 is 5.32 Å². The molecule has 0 spiro atoms. The van der Waals surface area contributed by atoms with E-state index < -0.39 is 0 Å². The van der Waals surface area contributed by atoms with Crippen molar-refractivity contribution in [3.8, 4) is 0 Å². The summed E-state index contributed by atoms with van der Waals surface area (Å²) in [6.45, 7) is 2.33. The Morgan fingerprint density at radius 2 is 2.00 bits per heavy atom. The molecule has 1 saturated heterocycles. The molecule has 2 rings (SSSR count). The lowest BCUT2D eigenvalue weighted by Crippen LogP contribution is -2.27. The number of imide groups is 1. The van der Waals surface area contributed by atoms with Crippen molar-refractivity contribution in [3.63, 3.8) is 0 Å². The Kier molecular flexibility index (Phi) is 5.38. The zero-order valence-electron chi connectivity index (χ0n) is 11.9. The van der Waals surface area contributed by atoms with Crippen LogP contribution in [0.5, 0.6) is 0 Å². The van der Waals surface area contributed by atoms with Gasteiger partial charge in [-0.2, -0.15) is 0 Å². The molecule has 0 saturated carbocycles. The predicted molar refractivity (Wildman–Crippen MR) is 83.0 cm³/mol. The summed E-state index contributed by atoms with van der Waals surface area (Å²) in [5, 5.41) is 2.63. The van der Waals surface area contributed by atoms with Crippen molar-refractivity contribution in [2.24, 2.45) is 0 Å². The Labute approximate surface area is 128 Å². The lowest BCUT2D eigenvalue weighted by Gasteiger charge is -2.13. The summed E-state index contributed by atoms with van der Waals surface area (Å²) in [5.41, 5.74) is 1.60. The van der Waals surface area contributed by atoms with Gasteiger partial charge in [0.05, 0.1) is 12.3 Å². The third kappa shape index (κ3) is 4.32. The molecule has 1 aliphatic rings. The van der Waals surface area contributed by atoms with Crippen molar-refractivity contribution in [1.82, 2.24) is 4.90 Å². The molecule has 1 aliphatic heterocycles. The molecule has 5 nitrogen and oxygen atoms in total. The largest absolute Gasteiger partial charge is 0.326 e. The Morgan fingerprint density at radius 3 is 2.57 bits per heavy atom. The third-order valence-corrected chi connectivity index (χ3v) is 4.03. The Morgan fingerprint density at radius 1 is 1.29 bits per heavy atom. The molecule has 21 heavy (non-hydrogen) atoms. The van der Waals surface area contributed by atoms with Crippen LogP contribution in [0.3, 0.4) is 0 Å². The molecule has 3 amide bonds. The molecular weight excluding hydrogens is 288 g/mol. The molecule has 0 aromatic heterocycles. The number of anilines is 1. The second kappa shape index (κ2) is 7.26. The zero-order valence-corrected chi connectivity index (χ0v) is 12.7. The number of unbranched alkanes of at least 4 members (excludes halogenated alkanes) is 1. The summed E-state index contributed by atoms with van der Waals surface area (Å²) in [6.07, 6.45) is 2.38. The fourth-order valence-corrected chi connectivity index (χ4v) is 2.70. The monoisotopic (exact) mass is 306 g/mol. The number of carbonyl (C=O) groups is 3. The molecule has 0 bridgehead atoms. The number of nitrogens with one attached hydrogen (secondary N) is 1. The molecule has 0 atom stereocenters. The van der Waals surface area contributed by atoms with E-state index in [-0.39, 0.29) is 29.4 Å². The molecule has 1 aromatic carbocycles. The first-order valence-corrected chi connectivity index (χ1v) is 7.94. The van der Waals surface area contributed by atoms with E-state index in [1.165, 1.54) is 4.90 Å². The van der Waals surface area contributed by atoms with Gasteiger partial charge in [-0.3, -0.25) is 19.3 Å². The molecule has 112 valence electrons. The lowest BCUT2D eigenvalue weighted by atomic mass is 10.2. The average molecular weight is 306 g/mol. The van der Waals surface area contributed by atoms with Gasteiger partial charge in [-0.25, -0.2) is 0 Å². The van der Waals surface area contributed by atoms with E-state index in [9.17, 15) is 14.4 Å². The van der Waals surface area contributed by atoms with Crippen LogP contribution in [0.4, 0.5) is 10.5 Å². The van der Waals surface area contributed by atoms with Gasteiger partial charge < -0.3 is 5.32 Å². The van der Waals surface area contributed by atoms with Gasteiger partial charge in [-0.15, -0.1) is 0 Å². The minimum atomic E-state index is -0.197. The molecule has 1 N–H and O–H groups in total. The molecule has 1 fully saturated rings. The Hall–Kier alpha value is -1.82. The molecule has 1 heterocycles. The first kappa shape index (κ1) is 15.6. The van der Waals surface area contributed by atoms with Crippen molar-refractivity contribution in [3.05, 3.63) is 29.8 Å². The summed E-state index contributed by atoms with van der Waals surface area (Å²) < 4.78 is 0. The zero-order chi connectivity index (χ0) is 15.2. The smallest absolute Gasteiger partial charge is 0.289 e. The first-order valence-electron chi connectivity index (χ1n) is 6.96. The van der Waals surface area contributed by atoms with E-state index in [1.807, 2.05) is 19.1 Å². The standard InChI is InChI=1S/C15H18N2O3S/c1-2-3-4-13(18)16-12-7-5-11(6-8-12)9-17-14(19)10-21-15(17)20/h5-8H,2-4,9-10H2,1H3,(H,16,18). The summed E-state index contributed by atoms with van der Waals surface area (Å²) in [5.74, 6) is 0.0811. The number of hydrogen-bond donors (Lipinski definition) is 1. The Bertz CT molecular complexity index is 526. The highest BCUT2D eigenvalue weighted by atomic mass is 32.2. The number of rotatable bonds is 6. The normalized spacial score (nSPS) is 14.6. The highest BCUT2D eigenvalue weighted by Gasteiger charge is 2.29. The van der Waals surface area contributed by atoms with Gasteiger partial charge in [0.1, 0.15) is 0 Å². The average Bonchev–Trinajstić information content (AvgIpc) is 2.79. The van der Waals surface area contributed by atoms with E-state index in [4.69, 9.17) is 0 Å². The van der Waals surface area contributed by atoms with Crippen LogP contribution in [-0.4, -0.2) is 27.7 Å². The van der Waals surface area contributed by atoms with Crippen LogP contribution in [-0.2, 0) is 16.1 Å². The Balaban J connectivity index is 1.91. The van der Waals surface area contributed by atoms with Gasteiger partial charge in [0.2, 0.25) is 11.8 Å². The van der Waals surface area contributed by atoms with Gasteiger partial charge >= 0.3 is 0 Å². The number of benzene rings is 1. The van der Waals surface area contributed by atoms with Gasteiger partial charge in [-0.1, -0.05) is 37.2 Å². The summed E-state index contributed by atoms with van der Waals surface area (Å²) in [7, 11) is 0. The van der Waals surface area contributed by atoms with E-state index in [1.54, 1.807) is 12.1 Å². The topological polar surface area (TPSA) is 66.5 Å². The van der Waals surface area contributed by atoms with Crippen molar-refractivity contribution in [2.45, 2.75) is 32.7 Å². The molecule has 0 aliphatic carbocycles. The third-order valence-electron chi connectivity index (χ3n) is 3.18. The van der Waals surface area contributed by atoms with Gasteiger partial charge in [-0.05, 0) is 24.1 Å². The van der Waals surface area contributed by atoms with Crippen molar-refractivity contribution in [1.29, 1.82) is 0 Å². The van der Waals surface area contributed by atoms with Crippen LogP contribution in [0, 0.1) is 0 Å². The quantitative estimate of drug-likeness (QED) is 0.877. The van der Waals surface area contributed by atoms with Crippen molar-refractivity contribution < 1.29 is 14.4 Å². The maximum Gasteiger partial charge on any atom is 0.289 e. The SMILES string of the molecule is CCCCC(=O)Nc1ccc(CN2C(=O)CSC2=O)cc1. The highest BCUT2D eigenvalue weighted by molar-refractivity contribution is 8.14. The van der Waals surface area contributed by atoms with E-state index in [0.717, 1.165) is 35.9 Å². The molecule has 1 aromatic rings. The number of amides is 3. The summed E-state index contributed by atoms with van der Waals surface area (Å²) in [4.78, 5) is 35.9. The summed E-state index contributed by atoms with van der Waals surface area (Å²) >= 11 is 1.03. The minimum absolute atomic E-state index is 0.00546. The fraction of sp³-hybridized carbons (Fsp3) is 0.400.